The predicted octanol–water partition coefficient (Wildman–Crippen LogP) is 0.0174. The third-order valence-electron chi connectivity index (χ3n) is 2.90. The van der Waals surface area contributed by atoms with Crippen molar-refractivity contribution in [2.24, 2.45) is 5.92 Å². The van der Waals surface area contributed by atoms with Gasteiger partial charge in [0.25, 0.3) is 0 Å². The average molecular weight is 230 g/mol. The van der Waals surface area contributed by atoms with Crippen LogP contribution in [0.15, 0.2) is 0 Å². The van der Waals surface area contributed by atoms with Crippen LogP contribution in [-0.2, 0) is 9.53 Å². The van der Waals surface area contributed by atoms with Gasteiger partial charge in [0, 0.05) is 45.9 Å². The Morgan fingerprint density at radius 3 is 2.94 bits per heavy atom. The van der Waals surface area contributed by atoms with Crippen LogP contribution in [0.3, 0.4) is 0 Å². The summed E-state index contributed by atoms with van der Waals surface area (Å²) in [6.07, 6.45) is 0.954. The Morgan fingerprint density at radius 2 is 2.31 bits per heavy atom. The van der Waals surface area contributed by atoms with Gasteiger partial charge in [-0.25, -0.2) is 0 Å². The molecule has 0 spiro atoms. The molecule has 2 N–H and O–H groups in total. The molecular weight excluding hydrogens is 208 g/mol. The molecule has 1 rings (SSSR count). The zero-order valence-corrected chi connectivity index (χ0v) is 10.1. The molecule has 1 aliphatic rings. The van der Waals surface area contributed by atoms with E-state index in [-0.39, 0.29) is 5.92 Å². The van der Waals surface area contributed by atoms with Gasteiger partial charge in [-0.3, -0.25) is 4.79 Å². The molecule has 0 radical (unpaired) electrons. The molecule has 2 atom stereocenters. The summed E-state index contributed by atoms with van der Waals surface area (Å²) in [4.78, 5) is 13.2. The molecule has 0 bridgehead atoms. The zero-order valence-electron chi connectivity index (χ0n) is 10.1. The van der Waals surface area contributed by atoms with Gasteiger partial charge >= 0.3 is 5.97 Å². The second-order valence-corrected chi connectivity index (χ2v) is 4.45. The lowest BCUT2D eigenvalue weighted by Gasteiger charge is -2.23. The van der Waals surface area contributed by atoms with Crippen LogP contribution in [0.4, 0.5) is 0 Å². The molecule has 0 aromatic heterocycles. The van der Waals surface area contributed by atoms with Crippen molar-refractivity contribution in [3.8, 4) is 0 Å². The lowest BCUT2D eigenvalue weighted by atomic mass is 10.1. The van der Waals surface area contributed by atoms with E-state index in [9.17, 15) is 4.79 Å². The Labute approximate surface area is 96.8 Å². The molecule has 1 fully saturated rings. The van der Waals surface area contributed by atoms with E-state index < -0.39 is 5.97 Å². The van der Waals surface area contributed by atoms with E-state index in [1.807, 2.05) is 0 Å². The first-order valence-electron chi connectivity index (χ1n) is 5.81. The van der Waals surface area contributed by atoms with E-state index in [4.69, 9.17) is 9.84 Å². The molecule has 2 unspecified atom stereocenters. The number of hydrogen-bond acceptors (Lipinski definition) is 4. The maximum atomic E-state index is 11.0. The molecule has 0 aliphatic carbocycles. The third-order valence-corrected chi connectivity index (χ3v) is 2.90. The van der Waals surface area contributed by atoms with Crippen LogP contribution >= 0.6 is 0 Å². The lowest BCUT2D eigenvalue weighted by molar-refractivity contribution is -0.141. The Hall–Kier alpha value is -0.650. The second kappa shape index (κ2) is 6.83. The Bertz CT molecular complexity index is 223. The van der Waals surface area contributed by atoms with Gasteiger partial charge in [-0.2, -0.15) is 0 Å². The minimum Gasteiger partial charge on any atom is -0.481 e. The molecular formula is C11H22N2O3. The van der Waals surface area contributed by atoms with E-state index in [0.717, 1.165) is 26.1 Å². The molecule has 94 valence electrons. The third kappa shape index (κ3) is 4.47. The van der Waals surface area contributed by atoms with Gasteiger partial charge in [-0.1, -0.05) is 0 Å². The summed E-state index contributed by atoms with van der Waals surface area (Å²) in [5.41, 5.74) is 0. The number of nitrogens with zero attached hydrogens (tertiary/aromatic N) is 1. The van der Waals surface area contributed by atoms with Crippen LogP contribution in [0.2, 0.25) is 0 Å². The van der Waals surface area contributed by atoms with E-state index in [1.54, 1.807) is 7.11 Å². The van der Waals surface area contributed by atoms with Gasteiger partial charge in [0.15, 0.2) is 0 Å². The van der Waals surface area contributed by atoms with Gasteiger partial charge in [0.05, 0.1) is 5.92 Å². The highest BCUT2D eigenvalue weighted by Gasteiger charge is 2.25. The first kappa shape index (κ1) is 13.4. The summed E-state index contributed by atoms with van der Waals surface area (Å²) >= 11 is 0. The fourth-order valence-corrected chi connectivity index (χ4v) is 2.03. The molecule has 5 heteroatoms. The fourth-order valence-electron chi connectivity index (χ4n) is 2.03. The summed E-state index contributed by atoms with van der Waals surface area (Å²) in [7, 11) is 1.69. The van der Waals surface area contributed by atoms with Crippen molar-refractivity contribution in [3.05, 3.63) is 0 Å². The average Bonchev–Trinajstić information content (AvgIpc) is 2.41. The van der Waals surface area contributed by atoms with Crippen LogP contribution in [0.25, 0.3) is 0 Å². The number of carboxylic acid groups (broad SMARTS) is 1. The van der Waals surface area contributed by atoms with Gasteiger partial charge in [0.1, 0.15) is 0 Å². The minimum absolute atomic E-state index is 0.299. The van der Waals surface area contributed by atoms with Crippen molar-refractivity contribution >= 4 is 5.97 Å². The summed E-state index contributed by atoms with van der Waals surface area (Å²) < 4.78 is 5.01. The molecule has 0 aromatic rings. The Morgan fingerprint density at radius 1 is 1.56 bits per heavy atom. The number of methoxy groups -OCH3 is 1. The summed E-state index contributed by atoms with van der Waals surface area (Å²) in [5.74, 6) is -1.01. The summed E-state index contributed by atoms with van der Waals surface area (Å²) in [6.45, 7) is 5.84. The molecule has 5 nitrogen and oxygen atoms in total. The quantitative estimate of drug-likeness (QED) is 0.652. The second-order valence-electron chi connectivity index (χ2n) is 4.45. The van der Waals surface area contributed by atoms with Crippen molar-refractivity contribution < 1.29 is 14.6 Å². The van der Waals surface area contributed by atoms with Crippen LogP contribution in [0.5, 0.6) is 0 Å². The standard InChI is InChI=1S/C11H22N2O3/c1-9-7-13(4-3-5-16-2)8-10(6-12-9)11(14)15/h9-10,12H,3-8H2,1-2H3,(H,14,15). The van der Waals surface area contributed by atoms with E-state index in [1.165, 1.54) is 0 Å². The van der Waals surface area contributed by atoms with Crippen molar-refractivity contribution in [1.82, 2.24) is 10.2 Å². The number of aliphatic carboxylic acids is 1. The normalized spacial score (nSPS) is 27.6. The zero-order chi connectivity index (χ0) is 12.0. The van der Waals surface area contributed by atoms with E-state index in [0.29, 0.717) is 19.1 Å². The largest absolute Gasteiger partial charge is 0.481 e. The molecule has 1 heterocycles. The van der Waals surface area contributed by atoms with Crippen LogP contribution in [0, 0.1) is 5.92 Å². The SMILES string of the molecule is COCCCN1CC(C)NCC(C(=O)O)C1. The Balaban J connectivity index is 2.43. The van der Waals surface area contributed by atoms with Gasteiger partial charge in [0.2, 0.25) is 0 Å². The van der Waals surface area contributed by atoms with Crippen molar-refractivity contribution in [2.75, 3.05) is 39.9 Å². The van der Waals surface area contributed by atoms with Gasteiger partial charge in [-0.15, -0.1) is 0 Å². The Kier molecular flexibility index (Phi) is 5.73. The fraction of sp³-hybridized carbons (Fsp3) is 0.909. The molecule has 0 saturated carbocycles. The number of rotatable bonds is 5. The molecule has 16 heavy (non-hydrogen) atoms. The first-order valence-corrected chi connectivity index (χ1v) is 5.81. The van der Waals surface area contributed by atoms with Crippen molar-refractivity contribution in [3.63, 3.8) is 0 Å². The highest BCUT2D eigenvalue weighted by atomic mass is 16.5. The van der Waals surface area contributed by atoms with Crippen LogP contribution in [0.1, 0.15) is 13.3 Å². The monoisotopic (exact) mass is 230 g/mol. The number of hydrogen-bond donors (Lipinski definition) is 2. The lowest BCUT2D eigenvalue weighted by Crippen LogP contribution is -2.36. The van der Waals surface area contributed by atoms with Crippen molar-refractivity contribution in [2.45, 2.75) is 19.4 Å². The van der Waals surface area contributed by atoms with Crippen molar-refractivity contribution in [1.29, 1.82) is 0 Å². The smallest absolute Gasteiger partial charge is 0.309 e. The summed E-state index contributed by atoms with van der Waals surface area (Å²) in [5, 5.41) is 12.3. The highest BCUT2D eigenvalue weighted by Crippen LogP contribution is 2.07. The molecule has 1 saturated heterocycles. The first-order chi connectivity index (χ1) is 7.63. The van der Waals surface area contributed by atoms with E-state index in [2.05, 4.69) is 17.1 Å². The number of ether oxygens (including phenoxy) is 1. The maximum Gasteiger partial charge on any atom is 0.309 e. The van der Waals surface area contributed by atoms with Gasteiger partial charge in [-0.05, 0) is 13.3 Å². The topological polar surface area (TPSA) is 61.8 Å². The number of nitrogens with one attached hydrogen (secondary N) is 1. The predicted molar refractivity (Wildman–Crippen MR) is 61.5 cm³/mol. The van der Waals surface area contributed by atoms with Crippen LogP contribution < -0.4 is 5.32 Å². The van der Waals surface area contributed by atoms with Crippen LogP contribution in [-0.4, -0.2) is 61.9 Å². The van der Waals surface area contributed by atoms with E-state index >= 15 is 0 Å². The minimum atomic E-state index is -0.710. The molecule has 1 aliphatic heterocycles. The number of carbonyl (C=O) groups is 1. The summed E-state index contributed by atoms with van der Waals surface area (Å²) in [6, 6.07) is 0.354. The maximum absolute atomic E-state index is 11.0. The molecule has 0 amide bonds. The number of carboxylic acids is 1. The molecule has 0 aromatic carbocycles. The highest BCUT2D eigenvalue weighted by molar-refractivity contribution is 5.70. The van der Waals surface area contributed by atoms with Gasteiger partial charge < -0.3 is 20.1 Å².